The van der Waals surface area contributed by atoms with Crippen LogP contribution >= 0.6 is 0 Å². The number of aromatic nitrogens is 1. The zero-order valence-corrected chi connectivity index (χ0v) is 17.0. The number of carbonyl (C=O) groups is 1. The average molecular weight is 377 g/mol. The third kappa shape index (κ3) is 4.52. The fraction of sp³-hybridized carbons (Fsp3) is 0.292. The summed E-state index contributed by atoms with van der Waals surface area (Å²) in [5.74, 6) is 0.678. The number of rotatable bonds is 8. The molecule has 0 aliphatic carbocycles. The van der Waals surface area contributed by atoms with Gasteiger partial charge in [0.15, 0.2) is 6.61 Å². The maximum atomic E-state index is 12.6. The molecule has 0 spiro atoms. The van der Waals surface area contributed by atoms with E-state index in [0.29, 0.717) is 17.9 Å². The molecule has 4 nitrogen and oxygen atoms in total. The van der Waals surface area contributed by atoms with Crippen LogP contribution in [0.2, 0.25) is 0 Å². The van der Waals surface area contributed by atoms with E-state index in [1.54, 1.807) is 7.11 Å². The van der Waals surface area contributed by atoms with Gasteiger partial charge in [0.25, 0.3) is 0 Å². The fourth-order valence-corrected chi connectivity index (χ4v) is 3.33. The number of ether oxygens (including phenoxy) is 2. The molecule has 0 N–H and O–H groups in total. The predicted octanol–water partition coefficient (Wildman–Crippen LogP) is 4.99. The lowest BCUT2D eigenvalue weighted by Crippen LogP contribution is -2.13. The second kappa shape index (κ2) is 8.89. The first-order chi connectivity index (χ1) is 13.5. The number of benzene rings is 2. The summed E-state index contributed by atoms with van der Waals surface area (Å²) in [4.78, 5) is 12.6. The molecule has 0 saturated heterocycles. The van der Waals surface area contributed by atoms with E-state index < -0.39 is 0 Å². The molecule has 3 rings (SSSR count). The zero-order chi connectivity index (χ0) is 20.1. The third-order valence-electron chi connectivity index (χ3n) is 5.00. The lowest BCUT2D eigenvalue weighted by atomic mass is 10.0. The van der Waals surface area contributed by atoms with Gasteiger partial charge in [-0.2, -0.15) is 0 Å². The van der Waals surface area contributed by atoms with Crippen LogP contribution in [0.15, 0.2) is 54.6 Å². The summed E-state index contributed by atoms with van der Waals surface area (Å²) < 4.78 is 13.0. The van der Waals surface area contributed by atoms with Gasteiger partial charge in [-0.3, -0.25) is 4.79 Å². The Balaban J connectivity index is 1.64. The van der Waals surface area contributed by atoms with E-state index in [2.05, 4.69) is 35.8 Å². The van der Waals surface area contributed by atoms with E-state index in [4.69, 9.17) is 9.47 Å². The molecule has 1 aromatic heterocycles. The van der Waals surface area contributed by atoms with Gasteiger partial charge in [0.05, 0.1) is 6.61 Å². The average Bonchev–Trinajstić information content (AvgIpc) is 2.99. The Morgan fingerprint density at radius 1 is 0.929 bits per heavy atom. The molecule has 0 saturated carbocycles. The molecule has 0 aliphatic heterocycles. The van der Waals surface area contributed by atoms with Crippen molar-refractivity contribution in [1.82, 2.24) is 4.57 Å². The van der Waals surface area contributed by atoms with Gasteiger partial charge in [-0.1, -0.05) is 42.0 Å². The first kappa shape index (κ1) is 19.9. The van der Waals surface area contributed by atoms with Gasteiger partial charge in [-0.15, -0.1) is 0 Å². The van der Waals surface area contributed by atoms with Gasteiger partial charge >= 0.3 is 0 Å². The molecule has 2 aromatic carbocycles. The second-order valence-electron chi connectivity index (χ2n) is 7.03. The van der Waals surface area contributed by atoms with Crippen LogP contribution in [-0.4, -0.2) is 30.7 Å². The number of methoxy groups -OCH3 is 1. The first-order valence-electron chi connectivity index (χ1n) is 9.48. The Labute approximate surface area is 166 Å². The summed E-state index contributed by atoms with van der Waals surface area (Å²) in [6.07, 6.45) is 0. The van der Waals surface area contributed by atoms with Gasteiger partial charge in [0.2, 0.25) is 5.78 Å². The Kier molecular flexibility index (Phi) is 6.32. The Morgan fingerprint density at radius 2 is 1.54 bits per heavy atom. The van der Waals surface area contributed by atoms with Gasteiger partial charge in [0, 0.05) is 30.6 Å². The van der Waals surface area contributed by atoms with Crippen molar-refractivity contribution in [2.75, 3.05) is 20.3 Å². The van der Waals surface area contributed by atoms with Gasteiger partial charge in [-0.25, -0.2) is 0 Å². The van der Waals surface area contributed by atoms with Crippen LogP contribution in [0.4, 0.5) is 0 Å². The largest absolute Gasteiger partial charge is 0.485 e. The minimum Gasteiger partial charge on any atom is -0.485 e. The highest BCUT2D eigenvalue weighted by atomic mass is 16.5. The van der Waals surface area contributed by atoms with Gasteiger partial charge in [0.1, 0.15) is 5.75 Å². The van der Waals surface area contributed by atoms with Crippen molar-refractivity contribution in [3.8, 4) is 16.9 Å². The minimum atomic E-state index is -0.0145. The van der Waals surface area contributed by atoms with E-state index in [1.807, 2.05) is 44.2 Å². The van der Waals surface area contributed by atoms with Crippen molar-refractivity contribution in [1.29, 1.82) is 0 Å². The van der Waals surface area contributed by atoms with Crippen LogP contribution in [0, 0.1) is 20.8 Å². The number of Topliss-reactive ketones (excluding diaryl/α,β-unsaturated/α-hetero) is 1. The van der Waals surface area contributed by atoms with E-state index in [0.717, 1.165) is 29.1 Å². The highest BCUT2D eigenvalue weighted by Crippen LogP contribution is 2.23. The maximum absolute atomic E-state index is 12.6. The summed E-state index contributed by atoms with van der Waals surface area (Å²) in [6, 6.07) is 18.2. The van der Waals surface area contributed by atoms with Crippen molar-refractivity contribution in [3.63, 3.8) is 0 Å². The maximum Gasteiger partial charge on any atom is 0.202 e. The quantitative estimate of drug-likeness (QED) is 0.519. The molecule has 1 heterocycles. The standard InChI is InChI=1S/C24H27NO3/c1-17-5-7-20(8-6-17)21-9-11-22(12-10-21)28-16-24(26)23-15-18(2)25(19(23)3)13-14-27-4/h5-12,15H,13-14,16H2,1-4H3. The molecule has 0 unspecified atom stereocenters. The Morgan fingerprint density at radius 3 is 2.14 bits per heavy atom. The van der Waals surface area contributed by atoms with Gasteiger partial charge < -0.3 is 14.0 Å². The summed E-state index contributed by atoms with van der Waals surface area (Å²) in [6.45, 7) is 7.43. The monoisotopic (exact) mass is 377 g/mol. The molecule has 3 aromatic rings. The highest BCUT2D eigenvalue weighted by molar-refractivity contribution is 5.98. The molecule has 0 aliphatic rings. The number of hydrogen-bond acceptors (Lipinski definition) is 3. The normalized spacial score (nSPS) is 10.9. The molecule has 28 heavy (non-hydrogen) atoms. The molecule has 4 heteroatoms. The molecule has 0 fully saturated rings. The number of nitrogens with zero attached hydrogens (tertiary/aromatic N) is 1. The molecular formula is C24H27NO3. The summed E-state index contributed by atoms with van der Waals surface area (Å²) in [5, 5.41) is 0. The molecular weight excluding hydrogens is 350 g/mol. The number of hydrogen-bond donors (Lipinski definition) is 0. The summed E-state index contributed by atoms with van der Waals surface area (Å²) in [5.41, 5.74) is 6.25. The fourth-order valence-electron chi connectivity index (χ4n) is 3.33. The first-order valence-corrected chi connectivity index (χ1v) is 9.48. The Hall–Kier alpha value is -2.85. The molecule has 0 bridgehead atoms. The smallest absolute Gasteiger partial charge is 0.202 e. The van der Waals surface area contributed by atoms with Crippen LogP contribution in [0.5, 0.6) is 5.75 Å². The van der Waals surface area contributed by atoms with Crippen LogP contribution in [0.1, 0.15) is 27.3 Å². The zero-order valence-electron chi connectivity index (χ0n) is 17.0. The van der Waals surface area contributed by atoms with Crippen LogP contribution < -0.4 is 4.74 Å². The van der Waals surface area contributed by atoms with Crippen molar-refractivity contribution < 1.29 is 14.3 Å². The molecule has 146 valence electrons. The third-order valence-corrected chi connectivity index (χ3v) is 5.00. The molecule has 0 radical (unpaired) electrons. The van der Waals surface area contributed by atoms with Crippen molar-refractivity contribution >= 4 is 5.78 Å². The number of carbonyl (C=O) groups excluding carboxylic acids is 1. The SMILES string of the molecule is COCCn1c(C)cc(C(=O)COc2ccc(-c3ccc(C)cc3)cc2)c1C. The van der Waals surface area contributed by atoms with E-state index >= 15 is 0 Å². The number of aryl methyl sites for hydroxylation is 2. The van der Waals surface area contributed by atoms with Crippen molar-refractivity contribution in [3.05, 3.63) is 77.1 Å². The topological polar surface area (TPSA) is 40.5 Å². The second-order valence-corrected chi connectivity index (χ2v) is 7.03. The van der Waals surface area contributed by atoms with Gasteiger partial charge in [-0.05, 0) is 50.1 Å². The van der Waals surface area contributed by atoms with E-state index in [-0.39, 0.29) is 12.4 Å². The van der Waals surface area contributed by atoms with Crippen LogP contribution in [-0.2, 0) is 11.3 Å². The molecule has 0 amide bonds. The minimum absolute atomic E-state index is 0.0145. The lowest BCUT2D eigenvalue weighted by Gasteiger charge is -2.09. The van der Waals surface area contributed by atoms with Crippen molar-refractivity contribution in [2.24, 2.45) is 0 Å². The van der Waals surface area contributed by atoms with E-state index in [9.17, 15) is 4.79 Å². The summed E-state index contributed by atoms with van der Waals surface area (Å²) >= 11 is 0. The van der Waals surface area contributed by atoms with Crippen LogP contribution in [0.25, 0.3) is 11.1 Å². The van der Waals surface area contributed by atoms with Crippen molar-refractivity contribution in [2.45, 2.75) is 27.3 Å². The lowest BCUT2D eigenvalue weighted by molar-refractivity contribution is 0.0920. The highest BCUT2D eigenvalue weighted by Gasteiger charge is 2.16. The van der Waals surface area contributed by atoms with E-state index in [1.165, 1.54) is 5.56 Å². The number of ketones is 1. The Bertz CT molecular complexity index is 937. The predicted molar refractivity (Wildman–Crippen MR) is 112 cm³/mol. The summed E-state index contributed by atoms with van der Waals surface area (Å²) in [7, 11) is 1.68. The van der Waals surface area contributed by atoms with Crippen LogP contribution in [0.3, 0.4) is 0 Å². The molecule has 0 atom stereocenters.